The predicted molar refractivity (Wildman–Crippen MR) is 90.6 cm³/mol. The largest absolute Gasteiger partial charge is 0.372 e. The van der Waals surface area contributed by atoms with E-state index in [1.807, 2.05) is 0 Å². The van der Waals surface area contributed by atoms with Crippen LogP contribution >= 0.6 is 0 Å². The van der Waals surface area contributed by atoms with Crippen LogP contribution in [0.25, 0.3) is 0 Å². The first-order valence-electron chi connectivity index (χ1n) is 7.97. The molecule has 2 heteroatoms. The van der Waals surface area contributed by atoms with Crippen molar-refractivity contribution in [3.63, 3.8) is 0 Å². The molecule has 0 unspecified atom stereocenters. The quantitative estimate of drug-likeness (QED) is 0.788. The van der Waals surface area contributed by atoms with Crippen LogP contribution in [0.15, 0.2) is 18.2 Å². The lowest BCUT2D eigenvalue weighted by Gasteiger charge is -2.28. The summed E-state index contributed by atoms with van der Waals surface area (Å²) in [6.07, 6.45) is 2.51. The van der Waals surface area contributed by atoms with Crippen LogP contribution < -0.4 is 10.2 Å². The van der Waals surface area contributed by atoms with Gasteiger partial charge in [-0.25, -0.2) is 0 Å². The van der Waals surface area contributed by atoms with Crippen molar-refractivity contribution in [1.82, 2.24) is 5.32 Å². The molecule has 0 saturated heterocycles. The Morgan fingerprint density at radius 2 is 1.85 bits per heavy atom. The minimum atomic E-state index is 0.154. The summed E-state index contributed by atoms with van der Waals surface area (Å²) in [6, 6.07) is 6.83. The third-order valence-electron chi connectivity index (χ3n) is 3.55. The Bertz CT molecular complexity index is 404. The molecular formula is C18H32N2. The molecule has 1 rings (SSSR count). The molecule has 1 aromatic carbocycles. The van der Waals surface area contributed by atoms with E-state index >= 15 is 0 Å². The van der Waals surface area contributed by atoms with E-state index < -0.39 is 0 Å². The van der Waals surface area contributed by atoms with Gasteiger partial charge in [-0.2, -0.15) is 0 Å². The third-order valence-corrected chi connectivity index (χ3v) is 3.55. The Morgan fingerprint density at radius 3 is 2.40 bits per heavy atom. The Labute approximate surface area is 125 Å². The van der Waals surface area contributed by atoms with Gasteiger partial charge in [0.05, 0.1) is 0 Å². The van der Waals surface area contributed by atoms with Crippen molar-refractivity contribution in [3.8, 4) is 0 Å². The molecule has 0 bridgehead atoms. The van der Waals surface area contributed by atoms with E-state index in [0.29, 0.717) is 0 Å². The van der Waals surface area contributed by atoms with E-state index in [2.05, 4.69) is 70.0 Å². The summed E-state index contributed by atoms with van der Waals surface area (Å²) < 4.78 is 0. The molecule has 114 valence electrons. The van der Waals surface area contributed by atoms with E-state index in [9.17, 15) is 0 Å². The highest BCUT2D eigenvalue weighted by Gasteiger charge is 2.13. The van der Waals surface area contributed by atoms with Crippen molar-refractivity contribution < 1.29 is 0 Å². The van der Waals surface area contributed by atoms with Gasteiger partial charge in [0.2, 0.25) is 0 Å². The standard InChI is InChI=1S/C18H32N2/c1-7-9-12-20(8-2)17-11-10-15(3)13-16(17)14-19-18(4,5)6/h10-11,13,19H,7-9,12,14H2,1-6H3. The van der Waals surface area contributed by atoms with Gasteiger partial charge in [-0.3, -0.25) is 0 Å². The van der Waals surface area contributed by atoms with E-state index in [1.54, 1.807) is 0 Å². The molecule has 2 nitrogen and oxygen atoms in total. The minimum absolute atomic E-state index is 0.154. The van der Waals surface area contributed by atoms with Gasteiger partial charge in [0.15, 0.2) is 0 Å². The van der Waals surface area contributed by atoms with Crippen molar-refractivity contribution >= 4 is 5.69 Å². The van der Waals surface area contributed by atoms with Crippen LogP contribution in [0, 0.1) is 6.92 Å². The third kappa shape index (κ3) is 5.54. The summed E-state index contributed by atoms with van der Waals surface area (Å²) >= 11 is 0. The van der Waals surface area contributed by atoms with Gasteiger partial charge >= 0.3 is 0 Å². The van der Waals surface area contributed by atoms with Crippen molar-refractivity contribution in [1.29, 1.82) is 0 Å². The second-order valence-corrected chi connectivity index (χ2v) is 6.67. The van der Waals surface area contributed by atoms with Gasteiger partial charge < -0.3 is 10.2 Å². The molecule has 0 radical (unpaired) electrons. The number of anilines is 1. The fourth-order valence-electron chi connectivity index (χ4n) is 2.32. The molecule has 0 spiro atoms. The number of nitrogens with zero attached hydrogens (tertiary/aromatic N) is 1. The zero-order valence-electron chi connectivity index (χ0n) is 14.2. The maximum Gasteiger partial charge on any atom is 0.0411 e. The Balaban J connectivity index is 2.93. The molecule has 0 saturated carbocycles. The summed E-state index contributed by atoms with van der Waals surface area (Å²) in [6.45, 7) is 16.5. The lowest BCUT2D eigenvalue weighted by atomic mass is 10.0. The van der Waals surface area contributed by atoms with Crippen LogP contribution in [-0.2, 0) is 6.54 Å². The molecule has 0 aliphatic carbocycles. The molecule has 0 heterocycles. The highest BCUT2D eigenvalue weighted by Crippen LogP contribution is 2.23. The maximum atomic E-state index is 3.61. The van der Waals surface area contributed by atoms with Crippen LogP contribution in [0.1, 0.15) is 58.6 Å². The maximum absolute atomic E-state index is 3.61. The zero-order chi connectivity index (χ0) is 15.2. The normalized spacial score (nSPS) is 11.7. The molecule has 0 fully saturated rings. The van der Waals surface area contributed by atoms with E-state index in [0.717, 1.165) is 19.6 Å². The van der Waals surface area contributed by atoms with Crippen LogP contribution in [-0.4, -0.2) is 18.6 Å². The van der Waals surface area contributed by atoms with Gasteiger partial charge in [-0.1, -0.05) is 31.0 Å². The van der Waals surface area contributed by atoms with Crippen molar-refractivity contribution in [2.45, 2.75) is 66.5 Å². The summed E-state index contributed by atoms with van der Waals surface area (Å²) in [5.74, 6) is 0. The van der Waals surface area contributed by atoms with E-state index in [1.165, 1.54) is 29.7 Å². The average Bonchev–Trinajstić information content (AvgIpc) is 2.38. The topological polar surface area (TPSA) is 15.3 Å². The summed E-state index contributed by atoms with van der Waals surface area (Å²) in [7, 11) is 0. The van der Waals surface area contributed by atoms with E-state index in [-0.39, 0.29) is 5.54 Å². The smallest absolute Gasteiger partial charge is 0.0411 e. The van der Waals surface area contributed by atoms with Gasteiger partial charge in [0.1, 0.15) is 0 Å². The van der Waals surface area contributed by atoms with Gasteiger partial charge in [0, 0.05) is 30.9 Å². The first-order chi connectivity index (χ1) is 9.37. The number of hydrogen-bond acceptors (Lipinski definition) is 2. The lowest BCUT2D eigenvalue weighted by Crippen LogP contribution is -2.36. The van der Waals surface area contributed by atoms with Gasteiger partial charge in [0.25, 0.3) is 0 Å². The fraction of sp³-hybridized carbons (Fsp3) is 0.667. The molecular weight excluding hydrogens is 244 g/mol. The molecule has 0 aliphatic rings. The highest BCUT2D eigenvalue weighted by atomic mass is 15.1. The highest BCUT2D eigenvalue weighted by molar-refractivity contribution is 5.55. The summed E-state index contributed by atoms with van der Waals surface area (Å²) in [5, 5.41) is 3.61. The van der Waals surface area contributed by atoms with Crippen molar-refractivity contribution in [3.05, 3.63) is 29.3 Å². The summed E-state index contributed by atoms with van der Waals surface area (Å²) in [4.78, 5) is 2.50. The second kappa shape index (κ2) is 7.68. The molecule has 1 aromatic rings. The van der Waals surface area contributed by atoms with Crippen molar-refractivity contribution in [2.24, 2.45) is 0 Å². The molecule has 0 atom stereocenters. The summed E-state index contributed by atoms with van der Waals surface area (Å²) in [5.41, 5.74) is 4.30. The molecule has 0 aromatic heterocycles. The first-order valence-corrected chi connectivity index (χ1v) is 7.97. The SMILES string of the molecule is CCCCN(CC)c1ccc(C)cc1CNC(C)(C)C. The average molecular weight is 276 g/mol. The molecule has 1 N–H and O–H groups in total. The number of rotatable bonds is 7. The first kappa shape index (κ1) is 17.0. The van der Waals surface area contributed by atoms with Gasteiger partial charge in [-0.05, 0) is 52.7 Å². The number of aryl methyl sites for hydroxylation is 1. The van der Waals surface area contributed by atoms with Crippen LogP contribution in [0.5, 0.6) is 0 Å². The van der Waals surface area contributed by atoms with Crippen LogP contribution in [0.3, 0.4) is 0 Å². The molecule has 0 amide bonds. The Hall–Kier alpha value is -1.02. The minimum Gasteiger partial charge on any atom is -0.372 e. The van der Waals surface area contributed by atoms with E-state index in [4.69, 9.17) is 0 Å². The number of unbranched alkanes of at least 4 members (excludes halogenated alkanes) is 1. The van der Waals surface area contributed by atoms with Crippen molar-refractivity contribution in [2.75, 3.05) is 18.0 Å². The zero-order valence-corrected chi connectivity index (χ0v) is 14.2. The molecule has 20 heavy (non-hydrogen) atoms. The lowest BCUT2D eigenvalue weighted by molar-refractivity contribution is 0.424. The van der Waals surface area contributed by atoms with Gasteiger partial charge in [-0.15, -0.1) is 0 Å². The Kier molecular flexibility index (Phi) is 6.54. The van der Waals surface area contributed by atoms with Crippen LogP contribution in [0.4, 0.5) is 5.69 Å². The Morgan fingerprint density at radius 1 is 1.15 bits per heavy atom. The second-order valence-electron chi connectivity index (χ2n) is 6.67. The monoisotopic (exact) mass is 276 g/mol. The number of hydrogen-bond donors (Lipinski definition) is 1. The molecule has 0 aliphatic heterocycles. The predicted octanol–water partition coefficient (Wildman–Crippen LogP) is 4.51. The number of nitrogens with one attached hydrogen (secondary N) is 1. The van der Waals surface area contributed by atoms with Crippen LogP contribution in [0.2, 0.25) is 0 Å². The number of benzene rings is 1. The fourth-order valence-corrected chi connectivity index (χ4v) is 2.32.